The topological polar surface area (TPSA) is 46.3 Å². The Morgan fingerprint density at radius 2 is 1.84 bits per heavy atom. The van der Waals surface area contributed by atoms with E-state index < -0.39 is 18.6 Å². The van der Waals surface area contributed by atoms with E-state index in [-0.39, 0.29) is 13.0 Å². The molecule has 6 heteroatoms. The van der Waals surface area contributed by atoms with Crippen molar-refractivity contribution in [2.45, 2.75) is 52.1 Å². The van der Waals surface area contributed by atoms with Crippen LogP contribution in [0.25, 0.3) is 0 Å². The van der Waals surface area contributed by atoms with Crippen molar-refractivity contribution in [3.8, 4) is 0 Å². The van der Waals surface area contributed by atoms with Gasteiger partial charge in [-0.3, -0.25) is 4.79 Å². The summed E-state index contributed by atoms with van der Waals surface area (Å²) in [6.07, 6.45) is -0.736. The Bertz CT molecular complexity index is 251. The van der Waals surface area contributed by atoms with Crippen molar-refractivity contribution in [1.29, 1.82) is 0 Å². The standard InChI is InChI=1S/C13H25F3N2O/c1-3-5-11(8-9-17)6-7-12(19)18(4-2)10-13(14,15)16/h11H,3-10,17H2,1-2H3. The molecule has 0 aliphatic rings. The van der Waals surface area contributed by atoms with Crippen molar-refractivity contribution in [2.75, 3.05) is 19.6 Å². The Morgan fingerprint density at radius 3 is 2.26 bits per heavy atom. The molecule has 0 saturated carbocycles. The zero-order chi connectivity index (χ0) is 14.9. The molecule has 0 fully saturated rings. The Morgan fingerprint density at radius 1 is 1.21 bits per heavy atom. The van der Waals surface area contributed by atoms with E-state index in [1.165, 1.54) is 0 Å². The van der Waals surface area contributed by atoms with Crippen molar-refractivity contribution in [1.82, 2.24) is 4.90 Å². The fourth-order valence-electron chi connectivity index (χ4n) is 2.16. The fourth-order valence-corrected chi connectivity index (χ4v) is 2.16. The smallest absolute Gasteiger partial charge is 0.334 e. The van der Waals surface area contributed by atoms with Crippen molar-refractivity contribution in [3.05, 3.63) is 0 Å². The minimum atomic E-state index is -4.33. The van der Waals surface area contributed by atoms with Crippen LogP contribution in [-0.4, -0.2) is 36.6 Å². The predicted octanol–water partition coefficient (Wildman–Crippen LogP) is 2.94. The van der Waals surface area contributed by atoms with E-state index in [1.807, 2.05) is 6.92 Å². The van der Waals surface area contributed by atoms with Crippen molar-refractivity contribution < 1.29 is 18.0 Å². The predicted molar refractivity (Wildman–Crippen MR) is 69.6 cm³/mol. The highest BCUT2D eigenvalue weighted by Gasteiger charge is 2.32. The van der Waals surface area contributed by atoms with Crippen LogP contribution in [0.1, 0.15) is 46.0 Å². The summed E-state index contributed by atoms with van der Waals surface area (Å²) >= 11 is 0. The summed E-state index contributed by atoms with van der Waals surface area (Å²) in [5.41, 5.74) is 5.49. The molecule has 2 N–H and O–H groups in total. The molecule has 0 aliphatic heterocycles. The molecular weight excluding hydrogens is 257 g/mol. The molecule has 1 unspecified atom stereocenters. The first kappa shape index (κ1) is 18.2. The maximum atomic E-state index is 12.3. The monoisotopic (exact) mass is 282 g/mol. The fraction of sp³-hybridized carbons (Fsp3) is 0.923. The summed E-state index contributed by atoms with van der Waals surface area (Å²) in [4.78, 5) is 12.6. The van der Waals surface area contributed by atoms with Crippen LogP contribution in [0.5, 0.6) is 0 Å². The summed E-state index contributed by atoms with van der Waals surface area (Å²) in [5, 5.41) is 0. The number of carbonyl (C=O) groups is 1. The van der Waals surface area contributed by atoms with Gasteiger partial charge in [0, 0.05) is 13.0 Å². The number of nitrogens with zero attached hydrogens (tertiary/aromatic N) is 1. The summed E-state index contributed by atoms with van der Waals surface area (Å²) in [6.45, 7) is 3.10. The number of halogens is 3. The maximum Gasteiger partial charge on any atom is 0.406 e. The second kappa shape index (κ2) is 9.18. The minimum Gasteiger partial charge on any atom is -0.334 e. The minimum absolute atomic E-state index is 0.0909. The van der Waals surface area contributed by atoms with Crippen LogP contribution in [0.15, 0.2) is 0 Å². The van der Waals surface area contributed by atoms with Crippen LogP contribution in [-0.2, 0) is 4.79 Å². The Hall–Kier alpha value is -0.780. The maximum absolute atomic E-state index is 12.3. The molecule has 0 radical (unpaired) electrons. The average molecular weight is 282 g/mol. The average Bonchev–Trinajstić information content (AvgIpc) is 2.32. The molecule has 3 nitrogen and oxygen atoms in total. The van der Waals surface area contributed by atoms with Gasteiger partial charge in [0.1, 0.15) is 6.54 Å². The van der Waals surface area contributed by atoms with Crippen molar-refractivity contribution in [2.24, 2.45) is 11.7 Å². The molecule has 0 bridgehead atoms. The number of alkyl halides is 3. The van der Waals surface area contributed by atoms with E-state index in [4.69, 9.17) is 5.73 Å². The molecule has 0 spiro atoms. The molecule has 0 rings (SSSR count). The molecule has 0 heterocycles. The second-order valence-corrected chi connectivity index (χ2v) is 4.79. The van der Waals surface area contributed by atoms with Gasteiger partial charge in [-0.1, -0.05) is 19.8 Å². The third-order valence-corrected chi connectivity index (χ3v) is 3.14. The number of carbonyl (C=O) groups excluding carboxylic acids is 1. The summed E-state index contributed by atoms with van der Waals surface area (Å²) in [5.74, 6) is -0.0820. The lowest BCUT2D eigenvalue weighted by molar-refractivity contribution is -0.160. The van der Waals surface area contributed by atoms with Crippen molar-refractivity contribution in [3.63, 3.8) is 0 Å². The Labute approximate surface area is 113 Å². The van der Waals surface area contributed by atoms with Gasteiger partial charge in [0.2, 0.25) is 5.91 Å². The lowest BCUT2D eigenvalue weighted by Crippen LogP contribution is -2.38. The van der Waals surface area contributed by atoms with Gasteiger partial charge in [-0.15, -0.1) is 0 Å². The molecule has 1 atom stereocenters. The van der Waals surface area contributed by atoms with E-state index in [2.05, 4.69) is 0 Å². The highest BCUT2D eigenvalue weighted by atomic mass is 19.4. The summed E-state index contributed by atoms with van der Waals surface area (Å²) in [6, 6.07) is 0. The van der Waals surface area contributed by atoms with Gasteiger partial charge in [0.15, 0.2) is 0 Å². The zero-order valence-electron chi connectivity index (χ0n) is 11.8. The molecule has 1 amide bonds. The first-order valence-corrected chi connectivity index (χ1v) is 6.88. The Balaban J connectivity index is 4.24. The normalized spacial score (nSPS) is 13.4. The van der Waals surface area contributed by atoms with Gasteiger partial charge >= 0.3 is 6.18 Å². The van der Waals surface area contributed by atoms with Gasteiger partial charge < -0.3 is 10.6 Å². The number of hydrogen-bond donors (Lipinski definition) is 1. The molecule has 0 aromatic rings. The lowest BCUT2D eigenvalue weighted by Gasteiger charge is -2.23. The van der Waals surface area contributed by atoms with Gasteiger partial charge in [0.25, 0.3) is 0 Å². The van der Waals surface area contributed by atoms with Crippen LogP contribution in [0.4, 0.5) is 13.2 Å². The van der Waals surface area contributed by atoms with E-state index in [0.717, 1.165) is 24.2 Å². The third-order valence-electron chi connectivity index (χ3n) is 3.14. The van der Waals surface area contributed by atoms with Crippen LogP contribution >= 0.6 is 0 Å². The van der Waals surface area contributed by atoms with Gasteiger partial charge in [-0.05, 0) is 32.2 Å². The highest BCUT2D eigenvalue weighted by molar-refractivity contribution is 5.76. The van der Waals surface area contributed by atoms with Crippen LogP contribution in [0.2, 0.25) is 0 Å². The molecular formula is C13H25F3N2O. The van der Waals surface area contributed by atoms with Crippen LogP contribution in [0.3, 0.4) is 0 Å². The third kappa shape index (κ3) is 8.86. The first-order valence-electron chi connectivity index (χ1n) is 6.88. The van der Waals surface area contributed by atoms with Gasteiger partial charge in [-0.25, -0.2) is 0 Å². The highest BCUT2D eigenvalue weighted by Crippen LogP contribution is 2.20. The number of nitrogens with two attached hydrogens (primary N) is 1. The largest absolute Gasteiger partial charge is 0.406 e. The summed E-state index contributed by atoms with van der Waals surface area (Å²) in [7, 11) is 0. The van der Waals surface area contributed by atoms with E-state index in [9.17, 15) is 18.0 Å². The number of rotatable bonds is 9. The second-order valence-electron chi connectivity index (χ2n) is 4.79. The molecule has 0 aromatic heterocycles. The SMILES string of the molecule is CCCC(CCN)CCC(=O)N(CC)CC(F)(F)F. The molecule has 0 saturated heterocycles. The lowest BCUT2D eigenvalue weighted by atomic mass is 9.94. The first-order chi connectivity index (χ1) is 8.84. The molecule has 0 aliphatic carbocycles. The molecule has 0 aromatic carbocycles. The van der Waals surface area contributed by atoms with Crippen molar-refractivity contribution >= 4 is 5.91 Å². The van der Waals surface area contributed by atoms with E-state index in [0.29, 0.717) is 18.9 Å². The molecule has 19 heavy (non-hydrogen) atoms. The molecule has 114 valence electrons. The van der Waals surface area contributed by atoms with Crippen LogP contribution in [0, 0.1) is 5.92 Å². The Kier molecular flexibility index (Phi) is 8.80. The van der Waals surface area contributed by atoms with E-state index >= 15 is 0 Å². The summed E-state index contributed by atoms with van der Waals surface area (Å²) < 4.78 is 36.8. The number of amides is 1. The van der Waals surface area contributed by atoms with Crippen LogP contribution < -0.4 is 5.73 Å². The zero-order valence-corrected chi connectivity index (χ0v) is 11.8. The number of hydrogen-bond acceptors (Lipinski definition) is 2. The van der Waals surface area contributed by atoms with E-state index in [1.54, 1.807) is 6.92 Å². The quantitative estimate of drug-likeness (QED) is 0.706. The van der Waals surface area contributed by atoms with Gasteiger partial charge in [-0.2, -0.15) is 13.2 Å². The van der Waals surface area contributed by atoms with Gasteiger partial charge in [0.05, 0.1) is 0 Å².